The van der Waals surface area contributed by atoms with Crippen molar-refractivity contribution >= 4 is 23.7 Å². The van der Waals surface area contributed by atoms with Crippen molar-refractivity contribution in [2.75, 3.05) is 12.8 Å². The molecule has 1 saturated carbocycles. The number of amides is 3. The Morgan fingerprint density at radius 3 is 2.74 bits per heavy atom. The zero-order valence-corrected chi connectivity index (χ0v) is 11.8. The average molecular weight is 283 g/mol. The molecule has 19 heavy (non-hydrogen) atoms. The van der Waals surface area contributed by atoms with Crippen LogP contribution in [0.15, 0.2) is 5.16 Å². The van der Waals surface area contributed by atoms with E-state index in [1.54, 1.807) is 0 Å². The number of imide groups is 1. The number of aromatic nitrogens is 3. The molecule has 0 spiro atoms. The van der Waals surface area contributed by atoms with Crippen molar-refractivity contribution in [3.05, 3.63) is 5.82 Å². The van der Waals surface area contributed by atoms with Crippen LogP contribution < -0.4 is 10.6 Å². The summed E-state index contributed by atoms with van der Waals surface area (Å²) in [6.45, 7) is 2.82. The highest BCUT2D eigenvalue weighted by atomic mass is 32.2. The lowest BCUT2D eigenvalue weighted by atomic mass is 10.4. The van der Waals surface area contributed by atoms with E-state index >= 15 is 0 Å². The molecule has 1 aromatic heterocycles. The summed E-state index contributed by atoms with van der Waals surface area (Å²) in [5.41, 5.74) is 0. The molecule has 1 aliphatic carbocycles. The van der Waals surface area contributed by atoms with E-state index in [0.717, 1.165) is 17.5 Å². The number of hydrogen-bond donors (Lipinski definition) is 2. The van der Waals surface area contributed by atoms with E-state index in [0.29, 0.717) is 5.92 Å². The highest BCUT2D eigenvalue weighted by molar-refractivity contribution is 7.99. The molecular weight excluding hydrogens is 266 g/mol. The zero-order chi connectivity index (χ0) is 13.8. The summed E-state index contributed by atoms with van der Waals surface area (Å²) in [5, 5.41) is 13.6. The Bertz CT molecular complexity index is 483. The maximum Gasteiger partial charge on any atom is 0.321 e. The van der Waals surface area contributed by atoms with E-state index in [1.165, 1.54) is 31.7 Å². The molecule has 1 aliphatic rings. The van der Waals surface area contributed by atoms with Gasteiger partial charge in [-0.2, -0.15) is 0 Å². The molecule has 2 N–H and O–H groups in total. The lowest BCUT2D eigenvalue weighted by Gasteiger charge is -2.06. The highest BCUT2D eigenvalue weighted by Gasteiger charge is 2.30. The van der Waals surface area contributed by atoms with Crippen molar-refractivity contribution in [1.29, 1.82) is 0 Å². The van der Waals surface area contributed by atoms with Gasteiger partial charge in [0.25, 0.3) is 0 Å². The fourth-order valence-corrected chi connectivity index (χ4v) is 2.51. The van der Waals surface area contributed by atoms with E-state index in [9.17, 15) is 9.59 Å². The van der Waals surface area contributed by atoms with Crippen LogP contribution in [0.3, 0.4) is 0 Å². The van der Waals surface area contributed by atoms with Gasteiger partial charge in [-0.25, -0.2) is 4.79 Å². The average Bonchev–Trinajstić information content (AvgIpc) is 3.16. The maximum atomic E-state index is 11.5. The lowest BCUT2D eigenvalue weighted by Crippen LogP contribution is -2.38. The van der Waals surface area contributed by atoms with Gasteiger partial charge >= 0.3 is 6.03 Å². The second kappa shape index (κ2) is 6.05. The highest BCUT2D eigenvalue weighted by Crippen LogP contribution is 2.39. The normalized spacial score (nSPS) is 14.2. The van der Waals surface area contributed by atoms with E-state index in [4.69, 9.17) is 0 Å². The maximum absolute atomic E-state index is 11.5. The number of nitrogens with one attached hydrogen (secondary N) is 2. The van der Waals surface area contributed by atoms with Crippen molar-refractivity contribution in [1.82, 2.24) is 25.4 Å². The second-order valence-corrected chi connectivity index (χ2v) is 5.22. The molecule has 0 atom stereocenters. The van der Waals surface area contributed by atoms with E-state index in [-0.39, 0.29) is 11.7 Å². The van der Waals surface area contributed by atoms with Gasteiger partial charge in [-0.3, -0.25) is 10.1 Å². The summed E-state index contributed by atoms with van der Waals surface area (Å²) in [5.74, 6) is 1.34. The molecule has 0 unspecified atom stereocenters. The number of carbonyl (C=O) groups is 2. The van der Waals surface area contributed by atoms with Gasteiger partial charge in [0.05, 0.1) is 5.75 Å². The van der Waals surface area contributed by atoms with Crippen LogP contribution in [0.5, 0.6) is 0 Å². The first-order valence-electron chi connectivity index (χ1n) is 6.23. The van der Waals surface area contributed by atoms with Crippen LogP contribution >= 0.6 is 11.8 Å². The van der Waals surface area contributed by atoms with Gasteiger partial charge in [-0.1, -0.05) is 11.8 Å². The molecule has 104 valence electrons. The predicted octanol–water partition coefficient (Wildman–Crippen LogP) is 0.723. The third-order valence-electron chi connectivity index (χ3n) is 2.82. The summed E-state index contributed by atoms with van der Waals surface area (Å²) < 4.78 is 2.04. The molecule has 7 nitrogen and oxygen atoms in total. The quantitative estimate of drug-likeness (QED) is 0.777. The minimum absolute atomic E-state index is 0.149. The molecule has 3 amide bonds. The third kappa shape index (κ3) is 3.46. The number of urea groups is 1. The molecule has 8 heteroatoms. The topological polar surface area (TPSA) is 88.9 Å². The Morgan fingerprint density at radius 2 is 2.16 bits per heavy atom. The first-order valence-corrected chi connectivity index (χ1v) is 7.21. The van der Waals surface area contributed by atoms with Crippen LogP contribution in [0.1, 0.15) is 31.5 Å². The van der Waals surface area contributed by atoms with E-state index in [1.807, 2.05) is 11.5 Å². The fourth-order valence-electron chi connectivity index (χ4n) is 1.70. The molecule has 0 saturated heterocycles. The fraction of sp³-hybridized carbons (Fsp3) is 0.636. The number of rotatable bonds is 5. The lowest BCUT2D eigenvalue weighted by molar-refractivity contribution is -0.117. The van der Waals surface area contributed by atoms with Crippen LogP contribution in [0.4, 0.5) is 4.79 Å². The molecule has 1 heterocycles. The third-order valence-corrected chi connectivity index (χ3v) is 3.78. The van der Waals surface area contributed by atoms with Crippen molar-refractivity contribution < 1.29 is 9.59 Å². The Kier molecular flexibility index (Phi) is 4.41. The Balaban J connectivity index is 1.92. The van der Waals surface area contributed by atoms with Crippen LogP contribution in [-0.2, 0) is 11.3 Å². The molecule has 2 rings (SSSR count). The first kappa shape index (κ1) is 13.9. The molecule has 0 aromatic carbocycles. The summed E-state index contributed by atoms with van der Waals surface area (Å²) in [4.78, 5) is 22.5. The Hall–Kier alpha value is -1.57. The van der Waals surface area contributed by atoms with Crippen molar-refractivity contribution in [2.24, 2.45) is 0 Å². The van der Waals surface area contributed by atoms with Gasteiger partial charge in [0.1, 0.15) is 5.82 Å². The van der Waals surface area contributed by atoms with Crippen LogP contribution in [0.25, 0.3) is 0 Å². The minimum Gasteiger partial charge on any atom is -0.341 e. The van der Waals surface area contributed by atoms with E-state index in [2.05, 4.69) is 20.8 Å². The SMILES string of the molecule is CCn1c(SCC(=O)NC(=O)NC)nnc1C1CC1. The molecule has 0 aliphatic heterocycles. The standard InChI is InChI=1S/C11H17N5O2S/c1-3-16-9(7-4-5-7)14-15-11(16)19-6-8(17)13-10(18)12-2/h7H,3-6H2,1-2H3,(H2,12,13,17,18). The van der Waals surface area contributed by atoms with Crippen LogP contribution in [0, 0.1) is 0 Å². The summed E-state index contributed by atoms with van der Waals surface area (Å²) >= 11 is 1.30. The molecule has 1 fully saturated rings. The van der Waals surface area contributed by atoms with Crippen molar-refractivity contribution in [3.63, 3.8) is 0 Å². The number of thioether (sulfide) groups is 1. The van der Waals surface area contributed by atoms with Gasteiger partial charge < -0.3 is 9.88 Å². The largest absolute Gasteiger partial charge is 0.341 e. The zero-order valence-electron chi connectivity index (χ0n) is 11.0. The van der Waals surface area contributed by atoms with Crippen LogP contribution in [0.2, 0.25) is 0 Å². The monoisotopic (exact) mass is 283 g/mol. The predicted molar refractivity (Wildman–Crippen MR) is 71.0 cm³/mol. The van der Waals surface area contributed by atoms with E-state index < -0.39 is 6.03 Å². The van der Waals surface area contributed by atoms with Gasteiger partial charge in [-0.05, 0) is 19.8 Å². The van der Waals surface area contributed by atoms with Gasteiger partial charge in [0.2, 0.25) is 5.91 Å². The van der Waals surface area contributed by atoms with Gasteiger partial charge in [0.15, 0.2) is 5.16 Å². The summed E-state index contributed by atoms with van der Waals surface area (Å²) in [6.07, 6.45) is 2.33. The smallest absolute Gasteiger partial charge is 0.321 e. The second-order valence-electron chi connectivity index (χ2n) is 4.28. The van der Waals surface area contributed by atoms with Crippen LogP contribution in [-0.4, -0.2) is 39.5 Å². The molecule has 1 aromatic rings. The first-order chi connectivity index (χ1) is 9.15. The summed E-state index contributed by atoms with van der Waals surface area (Å²) in [7, 11) is 1.46. The molecule has 0 radical (unpaired) electrons. The van der Waals surface area contributed by atoms with Crippen molar-refractivity contribution in [2.45, 2.75) is 37.4 Å². The Labute approximate surface area is 115 Å². The Morgan fingerprint density at radius 1 is 1.42 bits per heavy atom. The number of carbonyl (C=O) groups excluding carboxylic acids is 2. The molecule has 0 bridgehead atoms. The number of hydrogen-bond acceptors (Lipinski definition) is 5. The summed E-state index contributed by atoms with van der Waals surface area (Å²) in [6, 6.07) is -0.499. The number of nitrogens with zero attached hydrogens (tertiary/aromatic N) is 3. The van der Waals surface area contributed by atoms with Gasteiger partial charge in [-0.15, -0.1) is 10.2 Å². The minimum atomic E-state index is -0.499. The van der Waals surface area contributed by atoms with Gasteiger partial charge in [0, 0.05) is 19.5 Å². The van der Waals surface area contributed by atoms with Crippen molar-refractivity contribution in [3.8, 4) is 0 Å². The molecular formula is C11H17N5O2S.